The first kappa shape index (κ1) is 27.5. The van der Waals surface area contributed by atoms with Crippen LogP contribution in [0.5, 0.6) is 0 Å². The SMILES string of the molecule is CCOC(=O)c1ccc(NC(=O)C2=C(C)Nc3nc(SCc4ccc(Cl)cc4)nn3C2c2ccc(C)cc2)cc1. The van der Waals surface area contributed by atoms with Crippen LogP contribution in [0.3, 0.4) is 0 Å². The fourth-order valence-corrected chi connectivity index (χ4v) is 5.29. The molecule has 5 rings (SSSR count). The zero-order valence-corrected chi connectivity index (χ0v) is 23.8. The lowest BCUT2D eigenvalue weighted by Gasteiger charge is -2.28. The number of nitrogens with zero attached hydrogens (tertiary/aromatic N) is 3. The highest BCUT2D eigenvalue weighted by molar-refractivity contribution is 7.98. The molecule has 0 spiro atoms. The molecule has 0 aliphatic carbocycles. The Labute approximate surface area is 241 Å². The van der Waals surface area contributed by atoms with Crippen molar-refractivity contribution in [2.75, 3.05) is 17.2 Å². The molecule has 0 bridgehead atoms. The number of thioether (sulfide) groups is 1. The summed E-state index contributed by atoms with van der Waals surface area (Å²) in [6, 6.07) is 21.9. The molecule has 204 valence electrons. The quantitative estimate of drug-likeness (QED) is 0.180. The van der Waals surface area contributed by atoms with Gasteiger partial charge in [0.1, 0.15) is 6.04 Å². The zero-order valence-electron chi connectivity index (χ0n) is 22.3. The molecule has 1 aromatic heterocycles. The molecular weight excluding hydrogens is 546 g/mol. The van der Waals surface area contributed by atoms with Gasteiger partial charge in [-0.25, -0.2) is 9.48 Å². The first-order valence-corrected chi connectivity index (χ1v) is 14.2. The lowest BCUT2D eigenvalue weighted by molar-refractivity contribution is -0.113. The van der Waals surface area contributed by atoms with E-state index in [1.54, 1.807) is 35.9 Å². The Morgan fingerprint density at radius 3 is 2.40 bits per heavy atom. The average Bonchev–Trinajstić information content (AvgIpc) is 3.35. The number of nitrogens with one attached hydrogen (secondary N) is 2. The van der Waals surface area contributed by atoms with Crippen molar-refractivity contribution in [1.82, 2.24) is 14.8 Å². The van der Waals surface area contributed by atoms with Gasteiger partial charge >= 0.3 is 5.97 Å². The standard InChI is InChI=1S/C30H28ClN5O3S/c1-4-39-28(38)22-11-15-24(16-12-22)33-27(37)25-19(3)32-29-34-30(40-17-20-7-13-23(31)14-8-20)35-36(29)26(25)21-9-5-18(2)6-10-21/h5-16,26H,4,17H2,1-3H3,(H,33,37)(H,32,34,35). The minimum atomic E-state index is -0.493. The lowest BCUT2D eigenvalue weighted by atomic mass is 9.94. The topological polar surface area (TPSA) is 98.1 Å². The minimum absolute atomic E-state index is 0.282. The van der Waals surface area contributed by atoms with Crippen molar-refractivity contribution in [2.45, 2.75) is 37.7 Å². The third kappa shape index (κ3) is 6.05. The maximum Gasteiger partial charge on any atom is 0.338 e. The number of anilines is 2. The molecule has 1 unspecified atom stereocenters. The number of carbonyl (C=O) groups is 2. The summed E-state index contributed by atoms with van der Waals surface area (Å²) in [5.41, 5.74) is 5.31. The highest BCUT2D eigenvalue weighted by Crippen LogP contribution is 2.37. The number of fused-ring (bicyclic) bond motifs is 1. The van der Waals surface area contributed by atoms with Crippen LogP contribution in [-0.2, 0) is 15.3 Å². The van der Waals surface area contributed by atoms with Gasteiger partial charge in [0.15, 0.2) is 0 Å². The molecule has 1 aliphatic heterocycles. The van der Waals surface area contributed by atoms with Gasteiger partial charge in [0.25, 0.3) is 5.91 Å². The Morgan fingerprint density at radius 2 is 1.73 bits per heavy atom. The van der Waals surface area contributed by atoms with Gasteiger partial charge in [-0.1, -0.05) is 65.3 Å². The van der Waals surface area contributed by atoms with Gasteiger partial charge in [0.2, 0.25) is 11.1 Å². The minimum Gasteiger partial charge on any atom is -0.462 e. The Bertz CT molecular complexity index is 1560. The van der Waals surface area contributed by atoms with E-state index < -0.39 is 12.0 Å². The number of allylic oxidation sites excluding steroid dienone is 1. The van der Waals surface area contributed by atoms with Crippen LogP contribution in [0.1, 0.15) is 46.9 Å². The number of esters is 1. The summed E-state index contributed by atoms with van der Waals surface area (Å²) in [6.45, 7) is 5.93. The molecule has 2 heterocycles. The smallest absolute Gasteiger partial charge is 0.338 e. The first-order chi connectivity index (χ1) is 19.3. The van der Waals surface area contributed by atoms with E-state index in [0.29, 0.717) is 51.0 Å². The molecule has 0 fully saturated rings. The Balaban J connectivity index is 1.42. The number of hydrogen-bond acceptors (Lipinski definition) is 7. The van der Waals surface area contributed by atoms with Gasteiger partial charge in [-0.15, -0.1) is 5.10 Å². The van der Waals surface area contributed by atoms with E-state index in [1.165, 1.54) is 11.8 Å². The van der Waals surface area contributed by atoms with Crippen LogP contribution in [0.2, 0.25) is 5.02 Å². The van der Waals surface area contributed by atoms with E-state index in [4.69, 9.17) is 26.4 Å². The maximum atomic E-state index is 13.7. The monoisotopic (exact) mass is 573 g/mol. The van der Waals surface area contributed by atoms with Crippen molar-refractivity contribution in [3.05, 3.63) is 111 Å². The van der Waals surface area contributed by atoms with E-state index >= 15 is 0 Å². The Kier molecular flexibility index (Phi) is 8.23. The molecule has 0 saturated heterocycles. The maximum absolute atomic E-state index is 13.7. The van der Waals surface area contributed by atoms with Crippen molar-refractivity contribution >= 4 is 46.9 Å². The van der Waals surface area contributed by atoms with Gasteiger partial charge in [-0.05, 0) is 68.3 Å². The molecule has 1 aliphatic rings. The van der Waals surface area contributed by atoms with E-state index in [1.807, 2.05) is 62.4 Å². The van der Waals surface area contributed by atoms with Gasteiger partial charge in [-0.3, -0.25) is 4.79 Å². The summed E-state index contributed by atoms with van der Waals surface area (Å²) < 4.78 is 6.81. The first-order valence-electron chi connectivity index (χ1n) is 12.8. The van der Waals surface area contributed by atoms with Crippen LogP contribution in [-0.4, -0.2) is 33.2 Å². The van der Waals surface area contributed by atoms with Crippen molar-refractivity contribution in [1.29, 1.82) is 0 Å². The molecular formula is C30H28ClN5O3S. The second-order valence-corrected chi connectivity index (χ2v) is 10.7. The molecule has 0 radical (unpaired) electrons. The van der Waals surface area contributed by atoms with Crippen LogP contribution in [0.25, 0.3) is 0 Å². The second kappa shape index (κ2) is 12.0. The molecule has 1 amide bonds. The predicted octanol–water partition coefficient (Wildman–Crippen LogP) is 6.64. The van der Waals surface area contributed by atoms with E-state index in [-0.39, 0.29) is 5.91 Å². The van der Waals surface area contributed by atoms with Crippen LogP contribution >= 0.6 is 23.4 Å². The normalized spacial score (nSPS) is 14.3. The van der Waals surface area contributed by atoms with E-state index in [0.717, 1.165) is 16.7 Å². The Hall–Kier alpha value is -4.08. The van der Waals surface area contributed by atoms with Crippen LogP contribution in [0, 0.1) is 6.92 Å². The molecule has 40 heavy (non-hydrogen) atoms. The van der Waals surface area contributed by atoms with Crippen molar-refractivity contribution in [2.24, 2.45) is 0 Å². The molecule has 4 aromatic rings. The van der Waals surface area contributed by atoms with Crippen molar-refractivity contribution < 1.29 is 14.3 Å². The molecule has 3 aromatic carbocycles. The molecule has 0 saturated carbocycles. The predicted molar refractivity (Wildman–Crippen MR) is 158 cm³/mol. The third-order valence-electron chi connectivity index (χ3n) is 6.41. The molecule has 2 N–H and O–H groups in total. The summed E-state index contributed by atoms with van der Waals surface area (Å²) in [7, 11) is 0. The summed E-state index contributed by atoms with van der Waals surface area (Å²) >= 11 is 7.53. The van der Waals surface area contributed by atoms with Crippen LogP contribution in [0.4, 0.5) is 11.6 Å². The van der Waals surface area contributed by atoms with E-state index in [2.05, 4.69) is 10.6 Å². The second-order valence-electron chi connectivity index (χ2n) is 9.31. The van der Waals surface area contributed by atoms with Crippen molar-refractivity contribution in [3.63, 3.8) is 0 Å². The number of amides is 1. The number of benzene rings is 3. The van der Waals surface area contributed by atoms with Crippen LogP contribution in [0.15, 0.2) is 89.2 Å². The number of carbonyl (C=O) groups excluding carboxylic acids is 2. The zero-order chi connectivity index (χ0) is 28.2. The number of hydrogen-bond donors (Lipinski definition) is 2. The summed E-state index contributed by atoms with van der Waals surface area (Å²) in [5.74, 6) is 0.559. The van der Waals surface area contributed by atoms with Crippen LogP contribution < -0.4 is 10.6 Å². The number of halogens is 1. The van der Waals surface area contributed by atoms with Gasteiger partial charge in [0.05, 0.1) is 17.7 Å². The molecule has 8 nitrogen and oxygen atoms in total. The molecule has 10 heteroatoms. The average molecular weight is 574 g/mol. The van der Waals surface area contributed by atoms with Gasteiger partial charge in [-0.2, -0.15) is 4.98 Å². The summed E-state index contributed by atoms with van der Waals surface area (Å²) in [6.07, 6.45) is 0. The number of aryl methyl sites for hydroxylation is 1. The highest BCUT2D eigenvalue weighted by Gasteiger charge is 2.34. The largest absolute Gasteiger partial charge is 0.462 e. The lowest BCUT2D eigenvalue weighted by Crippen LogP contribution is -2.31. The number of aromatic nitrogens is 3. The number of ether oxygens (including phenoxy) is 1. The van der Waals surface area contributed by atoms with Gasteiger partial charge in [0, 0.05) is 22.2 Å². The van der Waals surface area contributed by atoms with E-state index in [9.17, 15) is 9.59 Å². The summed E-state index contributed by atoms with van der Waals surface area (Å²) in [5, 5.41) is 12.3. The third-order valence-corrected chi connectivity index (χ3v) is 7.57. The fraction of sp³-hybridized carbons (Fsp3) is 0.200. The fourth-order valence-electron chi connectivity index (χ4n) is 4.37. The summed E-state index contributed by atoms with van der Waals surface area (Å²) in [4.78, 5) is 30.4. The Morgan fingerprint density at radius 1 is 1.02 bits per heavy atom. The highest BCUT2D eigenvalue weighted by atomic mass is 35.5. The van der Waals surface area contributed by atoms with Crippen molar-refractivity contribution in [3.8, 4) is 0 Å². The number of rotatable bonds is 8. The van der Waals surface area contributed by atoms with Gasteiger partial charge < -0.3 is 15.4 Å². The molecule has 1 atom stereocenters.